The molecule has 10 N–H and O–H groups in total. The van der Waals surface area contributed by atoms with Crippen LogP contribution in [0.4, 0.5) is 4.79 Å². The molecule has 3 rings (SSSR count). The standard InChI is InChI=1S/C36H46N8O7/c37-28(17-10-18-41-35(38)39)32(46)40-19-20-44(23-31(45)42-30(34(48)49)22-26-13-6-2-7-14-26)33(47)29(21-25-11-4-1-5-12-25)43-36(50)51-24-27-15-8-3-9-16-27/h1-9,11-16,28-30H,10,17-24,37H2,(H,40,46)(H,42,45)(H,43,50)(H,48,49)(H4,38,39,41)/t28-,29-,30-/m0/s1. The largest absolute Gasteiger partial charge is 0.480 e. The van der Waals surface area contributed by atoms with Gasteiger partial charge >= 0.3 is 12.1 Å². The van der Waals surface area contributed by atoms with Crippen LogP contribution in [0.5, 0.6) is 0 Å². The quantitative estimate of drug-likeness (QED) is 0.0493. The van der Waals surface area contributed by atoms with Crippen molar-refractivity contribution in [3.05, 3.63) is 108 Å². The summed E-state index contributed by atoms with van der Waals surface area (Å²) in [5.74, 6) is -3.22. The highest BCUT2D eigenvalue weighted by molar-refractivity contribution is 5.91. The van der Waals surface area contributed by atoms with Crippen LogP contribution in [0.3, 0.4) is 0 Å². The van der Waals surface area contributed by atoms with Crippen molar-refractivity contribution in [3.63, 3.8) is 0 Å². The van der Waals surface area contributed by atoms with Gasteiger partial charge in [0.15, 0.2) is 5.96 Å². The minimum absolute atomic E-state index is 0.0123. The van der Waals surface area contributed by atoms with Crippen molar-refractivity contribution < 1.29 is 33.8 Å². The average Bonchev–Trinajstić information content (AvgIpc) is 3.12. The predicted molar refractivity (Wildman–Crippen MR) is 191 cm³/mol. The van der Waals surface area contributed by atoms with Crippen LogP contribution < -0.4 is 33.2 Å². The summed E-state index contributed by atoms with van der Waals surface area (Å²) in [5, 5.41) is 17.6. The van der Waals surface area contributed by atoms with Gasteiger partial charge in [0.2, 0.25) is 17.7 Å². The maximum atomic E-state index is 14.1. The van der Waals surface area contributed by atoms with Gasteiger partial charge in [-0.2, -0.15) is 0 Å². The number of aliphatic imine (C=N–C) groups is 1. The molecule has 0 unspecified atom stereocenters. The molecule has 0 aliphatic heterocycles. The first-order chi connectivity index (χ1) is 24.5. The van der Waals surface area contributed by atoms with Crippen LogP contribution in [-0.2, 0) is 43.4 Å². The summed E-state index contributed by atoms with van der Waals surface area (Å²) < 4.78 is 5.38. The molecule has 0 saturated heterocycles. The molecule has 3 atom stereocenters. The van der Waals surface area contributed by atoms with Crippen molar-refractivity contribution in [2.45, 2.75) is 50.4 Å². The van der Waals surface area contributed by atoms with Crippen LogP contribution in [-0.4, -0.2) is 90.1 Å². The van der Waals surface area contributed by atoms with E-state index in [9.17, 15) is 29.1 Å². The molecule has 0 bridgehead atoms. The summed E-state index contributed by atoms with van der Waals surface area (Å²) in [6, 6.07) is 23.4. The Morgan fingerprint density at radius 3 is 1.88 bits per heavy atom. The fraction of sp³-hybridized carbons (Fsp3) is 0.333. The van der Waals surface area contributed by atoms with Gasteiger partial charge in [0.25, 0.3) is 0 Å². The lowest BCUT2D eigenvalue weighted by atomic mass is 10.0. The van der Waals surface area contributed by atoms with Gasteiger partial charge < -0.3 is 47.9 Å². The van der Waals surface area contributed by atoms with Gasteiger partial charge in [0, 0.05) is 32.5 Å². The molecule has 0 radical (unpaired) electrons. The van der Waals surface area contributed by atoms with Crippen LogP contribution in [0, 0.1) is 0 Å². The molecule has 3 aromatic rings. The van der Waals surface area contributed by atoms with Crippen molar-refractivity contribution >= 4 is 35.7 Å². The van der Waals surface area contributed by atoms with E-state index in [0.29, 0.717) is 24.9 Å². The molecule has 15 nitrogen and oxygen atoms in total. The topological polar surface area (TPSA) is 245 Å². The summed E-state index contributed by atoms with van der Waals surface area (Å²) in [5.41, 5.74) is 18.8. The van der Waals surface area contributed by atoms with Crippen LogP contribution in [0.25, 0.3) is 0 Å². The molecule has 4 amide bonds. The predicted octanol–water partition coefficient (Wildman–Crippen LogP) is 0.662. The molecular formula is C36H46N8O7. The smallest absolute Gasteiger partial charge is 0.408 e. The zero-order valence-electron chi connectivity index (χ0n) is 28.3. The summed E-state index contributed by atoms with van der Waals surface area (Å²) in [6.07, 6.45) is -0.0423. The lowest BCUT2D eigenvalue weighted by Crippen LogP contribution is -2.55. The number of alkyl carbamates (subject to hydrolysis) is 1. The summed E-state index contributed by atoms with van der Waals surface area (Å²) in [4.78, 5) is 70.2. The Morgan fingerprint density at radius 2 is 1.33 bits per heavy atom. The number of aliphatic carboxylic acids is 1. The second-order valence-corrected chi connectivity index (χ2v) is 11.7. The van der Waals surface area contributed by atoms with Gasteiger partial charge in [-0.25, -0.2) is 9.59 Å². The number of amides is 4. The molecule has 0 aliphatic carbocycles. The summed E-state index contributed by atoms with van der Waals surface area (Å²) in [7, 11) is 0. The van der Waals surface area contributed by atoms with E-state index in [1.807, 2.05) is 6.07 Å². The number of ether oxygens (including phenoxy) is 1. The molecule has 0 fully saturated rings. The zero-order valence-corrected chi connectivity index (χ0v) is 28.3. The van der Waals surface area contributed by atoms with Crippen LogP contribution in [0.2, 0.25) is 0 Å². The maximum absolute atomic E-state index is 14.1. The van der Waals surface area contributed by atoms with Crippen LogP contribution >= 0.6 is 0 Å². The van der Waals surface area contributed by atoms with Crippen LogP contribution in [0.15, 0.2) is 96.0 Å². The second-order valence-electron chi connectivity index (χ2n) is 11.7. The third-order valence-electron chi connectivity index (χ3n) is 7.63. The van der Waals surface area contributed by atoms with Crippen LogP contribution in [0.1, 0.15) is 29.5 Å². The fourth-order valence-corrected chi connectivity index (χ4v) is 5.00. The molecule has 3 aromatic carbocycles. The average molecular weight is 703 g/mol. The molecule has 0 aromatic heterocycles. The maximum Gasteiger partial charge on any atom is 0.408 e. The molecule has 272 valence electrons. The lowest BCUT2D eigenvalue weighted by molar-refractivity contribution is -0.143. The third kappa shape index (κ3) is 15.0. The molecule has 0 heterocycles. The first kappa shape index (κ1) is 39.5. The van der Waals surface area contributed by atoms with Crippen molar-refractivity contribution in [2.75, 3.05) is 26.2 Å². The number of hydrogen-bond acceptors (Lipinski definition) is 8. The minimum atomic E-state index is -1.28. The zero-order chi connectivity index (χ0) is 37.0. The monoisotopic (exact) mass is 702 g/mol. The number of hydrogen-bond donors (Lipinski definition) is 7. The molecule has 15 heteroatoms. The summed E-state index contributed by atoms with van der Waals surface area (Å²) in [6.45, 7) is -0.569. The molecule has 51 heavy (non-hydrogen) atoms. The van der Waals surface area contributed by atoms with Gasteiger partial charge in [0.05, 0.1) is 12.6 Å². The van der Waals surface area contributed by atoms with Crippen molar-refractivity contribution in [2.24, 2.45) is 22.2 Å². The molecule has 0 aliphatic rings. The van der Waals surface area contributed by atoms with E-state index in [2.05, 4.69) is 20.9 Å². The number of guanidine groups is 1. The van der Waals surface area contributed by atoms with Gasteiger partial charge in [-0.1, -0.05) is 91.0 Å². The van der Waals surface area contributed by atoms with E-state index >= 15 is 0 Å². The number of carbonyl (C=O) groups is 5. The number of benzene rings is 3. The Morgan fingerprint density at radius 1 is 0.784 bits per heavy atom. The van der Waals surface area contributed by atoms with E-state index in [4.69, 9.17) is 21.9 Å². The third-order valence-corrected chi connectivity index (χ3v) is 7.63. The number of carbonyl (C=O) groups excluding carboxylic acids is 4. The lowest BCUT2D eigenvalue weighted by Gasteiger charge is -2.28. The number of nitrogens with one attached hydrogen (secondary N) is 3. The molecule has 0 saturated carbocycles. The molecule has 0 spiro atoms. The Bertz CT molecular complexity index is 1590. The number of nitrogens with two attached hydrogens (primary N) is 3. The highest BCUT2D eigenvalue weighted by atomic mass is 16.5. The van der Waals surface area contributed by atoms with Crippen molar-refractivity contribution in [1.29, 1.82) is 0 Å². The minimum Gasteiger partial charge on any atom is -0.480 e. The Hall–Kier alpha value is -5.96. The summed E-state index contributed by atoms with van der Waals surface area (Å²) >= 11 is 0. The SMILES string of the molecule is NC(N)=NCCC[C@H](N)C(=O)NCCN(CC(=O)N[C@@H](Cc1ccccc1)C(=O)O)C(=O)[C@H](Cc1ccccc1)NC(=O)OCc1ccccc1. The van der Waals surface area contributed by atoms with E-state index < -0.39 is 54.5 Å². The van der Waals surface area contributed by atoms with Gasteiger partial charge in [-0.15, -0.1) is 0 Å². The Balaban J connectivity index is 1.76. The van der Waals surface area contributed by atoms with Gasteiger partial charge in [-0.3, -0.25) is 19.4 Å². The van der Waals surface area contributed by atoms with Crippen molar-refractivity contribution in [1.82, 2.24) is 20.9 Å². The van der Waals surface area contributed by atoms with E-state index in [0.717, 1.165) is 16.0 Å². The second kappa shape index (κ2) is 21.2. The Labute approximate surface area is 296 Å². The molecular weight excluding hydrogens is 656 g/mol. The number of nitrogens with zero attached hydrogens (tertiary/aromatic N) is 2. The van der Waals surface area contributed by atoms with E-state index in [1.165, 1.54) is 0 Å². The number of carboxylic acids is 1. The highest BCUT2D eigenvalue weighted by Crippen LogP contribution is 2.09. The first-order valence-electron chi connectivity index (χ1n) is 16.5. The normalized spacial score (nSPS) is 12.3. The fourth-order valence-electron chi connectivity index (χ4n) is 5.00. The van der Waals surface area contributed by atoms with Gasteiger partial charge in [0.1, 0.15) is 18.7 Å². The van der Waals surface area contributed by atoms with E-state index in [-0.39, 0.29) is 38.5 Å². The number of carboxylic acid groups (broad SMARTS) is 1. The van der Waals surface area contributed by atoms with E-state index in [1.54, 1.807) is 84.9 Å². The first-order valence-corrected chi connectivity index (χ1v) is 16.5. The number of rotatable bonds is 20. The van der Waals surface area contributed by atoms with Gasteiger partial charge in [-0.05, 0) is 29.5 Å². The van der Waals surface area contributed by atoms with Crippen molar-refractivity contribution in [3.8, 4) is 0 Å². The Kier molecular flexibility index (Phi) is 16.4. The highest BCUT2D eigenvalue weighted by Gasteiger charge is 2.30.